The number of benzene rings is 1. The summed E-state index contributed by atoms with van der Waals surface area (Å²) in [5, 5.41) is 12.1. The molecule has 1 amide bonds. The van der Waals surface area contributed by atoms with Gasteiger partial charge >= 0.3 is 5.97 Å². The Kier molecular flexibility index (Phi) is 5.34. The predicted octanol–water partition coefficient (Wildman–Crippen LogP) is 2.41. The molecule has 2 rings (SSSR count). The molecule has 2 N–H and O–H groups in total. The van der Waals surface area contributed by atoms with Crippen LogP contribution < -0.4 is 10.1 Å². The van der Waals surface area contributed by atoms with E-state index >= 15 is 0 Å². The minimum absolute atomic E-state index is 0.375. The van der Waals surface area contributed by atoms with Crippen LogP contribution >= 0.6 is 11.8 Å². The Morgan fingerprint density at radius 1 is 1.45 bits per heavy atom. The van der Waals surface area contributed by atoms with Crippen molar-refractivity contribution in [3.8, 4) is 5.75 Å². The van der Waals surface area contributed by atoms with Gasteiger partial charge in [-0.2, -0.15) is 11.8 Å². The second-order valence-electron chi connectivity index (χ2n) is 5.88. The number of hydrogen-bond acceptors (Lipinski definition) is 4. The quantitative estimate of drug-likeness (QED) is 0.841. The topological polar surface area (TPSA) is 75.6 Å². The molecule has 120 valence electrons. The van der Waals surface area contributed by atoms with Gasteiger partial charge in [0.25, 0.3) is 5.91 Å². The maximum Gasteiger partial charge on any atom is 0.330 e. The van der Waals surface area contributed by atoms with Crippen LogP contribution in [0.3, 0.4) is 0 Å². The lowest BCUT2D eigenvalue weighted by Crippen LogP contribution is -2.54. The molecule has 1 aromatic carbocycles. The van der Waals surface area contributed by atoms with Gasteiger partial charge < -0.3 is 15.2 Å². The molecule has 0 spiro atoms. The lowest BCUT2D eigenvalue weighted by molar-refractivity contribution is -0.143. The van der Waals surface area contributed by atoms with Crippen LogP contribution in [0.1, 0.15) is 30.6 Å². The molecule has 0 bridgehead atoms. The molecule has 1 fully saturated rings. The Hall–Kier alpha value is -1.69. The number of carbonyl (C=O) groups is 2. The first-order valence-electron chi connectivity index (χ1n) is 7.29. The average molecular weight is 323 g/mol. The zero-order valence-corrected chi connectivity index (χ0v) is 13.6. The van der Waals surface area contributed by atoms with Gasteiger partial charge in [-0.05, 0) is 36.3 Å². The lowest BCUT2D eigenvalue weighted by Gasteiger charge is -2.24. The molecule has 5 nitrogen and oxygen atoms in total. The third-order valence-corrected chi connectivity index (χ3v) is 4.65. The van der Waals surface area contributed by atoms with Crippen LogP contribution in [0.4, 0.5) is 0 Å². The highest BCUT2D eigenvalue weighted by Gasteiger charge is 2.43. The van der Waals surface area contributed by atoms with Gasteiger partial charge in [0, 0.05) is 11.3 Å². The Morgan fingerprint density at radius 3 is 2.82 bits per heavy atom. The molecule has 0 aromatic heterocycles. The number of thioether (sulfide) groups is 1. The Bertz CT molecular complexity index is 553. The summed E-state index contributed by atoms with van der Waals surface area (Å²) < 4.78 is 5.60. The molecular formula is C16H21NO4S. The van der Waals surface area contributed by atoms with Crippen LogP contribution in [0.15, 0.2) is 24.3 Å². The molecule has 1 aromatic rings. The maximum absolute atomic E-state index is 12.4. The third kappa shape index (κ3) is 3.94. The number of hydrogen-bond donors (Lipinski definition) is 2. The molecule has 0 radical (unpaired) electrons. The van der Waals surface area contributed by atoms with Crippen LogP contribution in [0.25, 0.3) is 0 Å². The average Bonchev–Trinajstić information content (AvgIpc) is 2.95. The van der Waals surface area contributed by atoms with E-state index in [0.717, 1.165) is 5.75 Å². The number of carboxylic acids is 1. The van der Waals surface area contributed by atoms with Crippen LogP contribution in [-0.4, -0.2) is 40.6 Å². The molecule has 6 heteroatoms. The van der Waals surface area contributed by atoms with Crippen molar-refractivity contribution in [3.05, 3.63) is 29.8 Å². The minimum atomic E-state index is -1.16. The molecule has 22 heavy (non-hydrogen) atoms. The van der Waals surface area contributed by atoms with Crippen molar-refractivity contribution in [3.63, 3.8) is 0 Å². The van der Waals surface area contributed by atoms with E-state index in [1.165, 1.54) is 0 Å². The van der Waals surface area contributed by atoms with E-state index in [9.17, 15) is 14.7 Å². The predicted molar refractivity (Wildman–Crippen MR) is 86.6 cm³/mol. The van der Waals surface area contributed by atoms with Gasteiger partial charge in [-0.3, -0.25) is 4.79 Å². The van der Waals surface area contributed by atoms with Gasteiger partial charge in [0.2, 0.25) is 0 Å². The van der Waals surface area contributed by atoms with Crippen molar-refractivity contribution in [2.75, 3.05) is 18.1 Å². The molecular weight excluding hydrogens is 302 g/mol. The van der Waals surface area contributed by atoms with Crippen molar-refractivity contribution >= 4 is 23.6 Å². The second-order valence-corrected chi connectivity index (χ2v) is 6.98. The molecule has 1 aliphatic rings. The monoisotopic (exact) mass is 323 g/mol. The van der Waals surface area contributed by atoms with Gasteiger partial charge in [-0.15, -0.1) is 0 Å². The highest BCUT2D eigenvalue weighted by molar-refractivity contribution is 7.99. The largest absolute Gasteiger partial charge is 0.493 e. The van der Waals surface area contributed by atoms with E-state index in [2.05, 4.69) is 5.32 Å². The number of nitrogens with one attached hydrogen (secondary N) is 1. The zero-order chi connectivity index (χ0) is 16.2. The minimum Gasteiger partial charge on any atom is -0.493 e. The summed E-state index contributed by atoms with van der Waals surface area (Å²) >= 11 is 1.54. The highest BCUT2D eigenvalue weighted by Crippen LogP contribution is 2.28. The molecule has 1 aliphatic heterocycles. The number of rotatable bonds is 6. The summed E-state index contributed by atoms with van der Waals surface area (Å²) in [5.74, 6) is 0.801. The number of ether oxygens (including phenoxy) is 1. The van der Waals surface area contributed by atoms with Crippen molar-refractivity contribution in [1.29, 1.82) is 0 Å². The molecule has 1 unspecified atom stereocenters. The van der Waals surface area contributed by atoms with E-state index in [1.54, 1.807) is 36.0 Å². The van der Waals surface area contributed by atoms with E-state index in [-0.39, 0.29) is 5.91 Å². The molecule has 1 saturated heterocycles. The summed E-state index contributed by atoms with van der Waals surface area (Å²) in [6.45, 7) is 4.66. The van der Waals surface area contributed by atoms with Crippen LogP contribution in [0.2, 0.25) is 0 Å². The van der Waals surface area contributed by atoms with E-state index in [1.807, 2.05) is 13.8 Å². The van der Waals surface area contributed by atoms with Gasteiger partial charge in [0.05, 0.1) is 6.61 Å². The molecule has 1 atom stereocenters. The highest BCUT2D eigenvalue weighted by atomic mass is 32.2. The summed E-state index contributed by atoms with van der Waals surface area (Å²) in [6, 6.07) is 6.84. The van der Waals surface area contributed by atoms with E-state index in [0.29, 0.717) is 36.0 Å². The van der Waals surface area contributed by atoms with E-state index < -0.39 is 11.5 Å². The normalized spacial score (nSPS) is 20.9. The Balaban J connectivity index is 2.09. The zero-order valence-electron chi connectivity index (χ0n) is 12.8. The van der Waals surface area contributed by atoms with Gasteiger partial charge in [-0.1, -0.05) is 19.9 Å². The SMILES string of the molecule is CC(C)COc1cccc(C(=O)NC2(C(=O)O)CCSC2)c1. The standard InChI is InChI=1S/C16H21NO4S/c1-11(2)9-21-13-5-3-4-12(8-13)14(18)17-16(15(19)20)6-7-22-10-16/h3-5,8,11H,6-7,9-10H2,1-2H3,(H,17,18)(H,19,20). The fourth-order valence-electron chi connectivity index (χ4n) is 2.17. The lowest BCUT2D eigenvalue weighted by atomic mass is 9.98. The van der Waals surface area contributed by atoms with Crippen molar-refractivity contribution in [1.82, 2.24) is 5.32 Å². The van der Waals surface area contributed by atoms with Crippen molar-refractivity contribution in [2.24, 2.45) is 5.92 Å². The smallest absolute Gasteiger partial charge is 0.330 e. The maximum atomic E-state index is 12.4. The van der Waals surface area contributed by atoms with Gasteiger partial charge in [-0.25, -0.2) is 4.79 Å². The van der Waals surface area contributed by atoms with Gasteiger partial charge in [0.1, 0.15) is 11.3 Å². The first-order valence-corrected chi connectivity index (χ1v) is 8.45. The summed E-state index contributed by atoms with van der Waals surface area (Å²) in [4.78, 5) is 23.8. The van der Waals surface area contributed by atoms with Crippen LogP contribution in [0.5, 0.6) is 5.75 Å². The van der Waals surface area contributed by atoms with Gasteiger partial charge in [0.15, 0.2) is 0 Å². The fourth-order valence-corrected chi connectivity index (χ4v) is 3.49. The van der Waals surface area contributed by atoms with Crippen molar-refractivity contribution < 1.29 is 19.4 Å². The van der Waals surface area contributed by atoms with Crippen LogP contribution in [-0.2, 0) is 4.79 Å². The second kappa shape index (κ2) is 7.05. The van der Waals surface area contributed by atoms with E-state index in [4.69, 9.17) is 4.74 Å². The third-order valence-electron chi connectivity index (χ3n) is 3.46. The Morgan fingerprint density at radius 2 is 2.23 bits per heavy atom. The first-order chi connectivity index (χ1) is 10.4. The van der Waals surface area contributed by atoms with Crippen molar-refractivity contribution in [2.45, 2.75) is 25.8 Å². The number of carboxylic acid groups (broad SMARTS) is 1. The summed E-state index contributed by atoms with van der Waals surface area (Å²) in [7, 11) is 0. The molecule has 0 saturated carbocycles. The fraction of sp³-hybridized carbons (Fsp3) is 0.500. The molecule has 1 heterocycles. The number of carbonyl (C=O) groups excluding carboxylic acids is 1. The Labute approximate surface area is 134 Å². The first kappa shape index (κ1) is 16.7. The van der Waals surface area contributed by atoms with Crippen LogP contribution in [0, 0.1) is 5.92 Å². The molecule has 0 aliphatic carbocycles. The number of aliphatic carboxylic acids is 1. The summed E-state index contributed by atoms with van der Waals surface area (Å²) in [6.07, 6.45) is 0.447. The summed E-state index contributed by atoms with van der Waals surface area (Å²) in [5.41, 5.74) is -0.741. The number of amides is 1.